The van der Waals surface area contributed by atoms with E-state index in [4.69, 9.17) is 5.11 Å². The Kier molecular flexibility index (Phi) is 3.69. The zero-order chi connectivity index (χ0) is 10.8. The van der Waals surface area contributed by atoms with E-state index >= 15 is 0 Å². The normalized spacial score (nSPS) is 11.6. The third kappa shape index (κ3) is 2.56. The zero-order valence-electron chi connectivity index (χ0n) is 7.70. The average molecular weight is 279 g/mol. The van der Waals surface area contributed by atoms with Gasteiger partial charge in [-0.05, 0) is 24.6 Å². The first-order valence-electron chi connectivity index (χ1n) is 4.07. The molecule has 0 unspecified atom stereocenters. The van der Waals surface area contributed by atoms with Crippen molar-refractivity contribution in [2.24, 2.45) is 0 Å². The van der Waals surface area contributed by atoms with Crippen LogP contribution in [0, 0.1) is 6.92 Å². The van der Waals surface area contributed by atoms with E-state index in [1.165, 1.54) is 0 Å². The van der Waals surface area contributed by atoms with Gasteiger partial charge in [-0.2, -0.15) is 0 Å². The van der Waals surface area contributed by atoms with Gasteiger partial charge in [-0.15, -0.1) is 0 Å². The Balaban J connectivity index is 3.25. The summed E-state index contributed by atoms with van der Waals surface area (Å²) < 4.78 is 24.0. The molecule has 0 aliphatic heterocycles. The number of rotatable bonds is 3. The number of aryl methyl sites for hydroxylation is 1. The van der Waals surface area contributed by atoms with Crippen LogP contribution in [0.2, 0.25) is 0 Å². The molecule has 0 saturated heterocycles. The van der Waals surface area contributed by atoms with Crippen LogP contribution in [-0.2, 0) is 9.84 Å². The summed E-state index contributed by atoms with van der Waals surface area (Å²) in [5, 5.41) is 8.63. The molecule has 0 atom stereocenters. The number of sulfone groups is 1. The van der Waals surface area contributed by atoms with Crippen molar-refractivity contribution in [1.29, 1.82) is 0 Å². The first kappa shape index (κ1) is 11.7. The van der Waals surface area contributed by atoms with Crippen LogP contribution in [-0.4, -0.2) is 25.9 Å². The fourth-order valence-electron chi connectivity index (χ4n) is 1.14. The lowest BCUT2D eigenvalue weighted by Gasteiger charge is -2.06. The van der Waals surface area contributed by atoms with E-state index in [0.29, 0.717) is 5.56 Å². The van der Waals surface area contributed by atoms with E-state index < -0.39 is 9.84 Å². The predicted octanol–water partition coefficient (Wildman–Crippen LogP) is 1.52. The largest absolute Gasteiger partial charge is 0.395 e. The highest BCUT2D eigenvalue weighted by Gasteiger charge is 2.16. The van der Waals surface area contributed by atoms with Gasteiger partial charge in [0.05, 0.1) is 17.3 Å². The molecule has 0 aliphatic rings. The maximum Gasteiger partial charge on any atom is 0.180 e. The van der Waals surface area contributed by atoms with Crippen LogP contribution < -0.4 is 0 Å². The monoisotopic (exact) mass is 278 g/mol. The van der Waals surface area contributed by atoms with Gasteiger partial charge in [0.15, 0.2) is 9.84 Å². The van der Waals surface area contributed by atoms with E-state index in [1.54, 1.807) is 25.1 Å². The minimum absolute atomic E-state index is 0.232. The SMILES string of the molecule is Cc1ccc(Br)cc1S(=O)(=O)CCO. The predicted molar refractivity (Wildman–Crippen MR) is 58.0 cm³/mol. The van der Waals surface area contributed by atoms with Crippen molar-refractivity contribution in [3.8, 4) is 0 Å². The van der Waals surface area contributed by atoms with Crippen LogP contribution in [0.15, 0.2) is 27.6 Å². The summed E-state index contributed by atoms with van der Waals surface area (Å²) in [5.41, 5.74) is 0.696. The van der Waals surface area contributed by atoms with E-state index in [2.05, 4.69) is 15.9 Å². The molecule has 78 valence electrons. The highest BCUT2D eigenvalue weighted by atomic mass is 79.9. The first-order chi connectivity index (χ1) is 6.47. The van der Waals surface area contributed by atoms with Crippen molar-refractivity contribution >= 4 is 25.8 Å². The summed E-state index contributed by atoms with van der Waals surface area (Å²) in [7, 11) is -3.34. The Morgan fingerprint density at radius 3 is 2.64 bits per heavy atom. The fraction of sp³-hybridized carbons (Fsp3) is 0.333. The lowest BCUT2D eigenvalue weighted by atomic mass is 10.2. The molecule has 1 aromatic rings. The summed E-state index contributed by atoms with van der Waals surface area (Å²) in [6, 6.07) is 5.07. The summed E-state index contributed by atoms with van der Waals surface area (Å²) in [6.45, 7) is 1.38. The Hall–Kier alpha value is -0.390. The average Bonchev–Trinajstić information content (AvgIpc) is 2.09. The number of aliphatic hydroxyl groups is 1. The lowest BCUT2D eigenvalue weighted by molar-refractivity contribution is 0.319. The highest BCUT2D eigenvalue weighted by molar-refractivity contribution is 9.10. The zero-order valence-corrected chi connectivity index (χ0v) is 10.1. The second-order valence-corrected chi connectivity index (χ2v) is 5.95. The molecule has 0 amide bonds. The Morgan fingerprint density at radius 1 is 1.43 bits per heavy atom. The molecule has 0 aliphatic carbocycles. The number of benzene rings is 1. The third-order valence-corrected chi connectivity index (χ3v) is 4.17. The van der Waals surface area contributed by atoms with Crippen LogP contribution in [0.5, 0.6) is 0 Å². The maximum absolute atomic E-state index is 11.6. The molecule has 3 nitrogen and oxygen atoms in total. The summed E-state index contributed by atoms with van der Waals surface area (Å²) in [5.74, 6) is -0.232. The minimum Gasteiger partial charge on any atom is -0.395 e. The summed E-state index contributed by atoms with van der Waals surface area (Å²) >= 11 is 3.21. The van der Waals surface area contributed by atoms with Gasteiger partial charge < -0.3 is 5.11 Å². The van der Waals surface area contributed by atoms with Crippen LogP contribution in [0.25, 0.3) is 0 Å². The minimum atomic E-state index is -3.34. The van der Waals surface area contributed by atoms with Gasteiger partial charge in [-0.25, -0.2) is 8.42 Å². The second-order valence-electron chi connectivity index (χ2n) is 2.95. The van der Waals surface area contributed by atoms with E-state index in [0.717, 1.165) is 4.47 Å². The van der Waals surface area contributed by atoms with Gasteiger partial charge in [0.25, 0.3) is 0 Å². The van der Waals surface area contributed by atoms with Crippen molar-refractivity contribution in [2.75, 3.05) is 12.4 Å². The number of hydrogen-bond donors (Lipinski definition) is 1. The molecule has 5 heteroatoms. The molecule has 0 heterocycles. The summed E-state index contributed by atoms with van der Waals surface area (Å²) in [6.07, 6.45) is 0. The van der Waals surface area contributed by atoms with E-state index in [1.807, 2.05) is 0 Å². The van der Waals surface area contributed by atoms with Crippen molar-refractivity contribution in [3.05, 3.63) is 28.2 Å². The Morgan fingerprint density at radius 2 is 2.07 bits per heavy atom. The number of hydrogen-bond acceptors (Lipinski definition) is 3. The lowest BCUT2D eigenvalue weighted by Crippen LogP contribution is -2.11. The molecule has 0 fully saturated rings. The Bertz CT molecular complexity index is 426. The molecule has 14 heavy (non-hydrogen) atoms. The van der Waals surface area contributed by atoms with Gasteiger partial charge in [0.2, 0.25) is 0 Å². The van der Waals surface area contributed by atoms with Gasteiger partial charge in [-0.3, -0.25) is 0 Å². The van der Waals surface area contributed by atoms with Crippen molar-refractivity contribution < 1.29 is 13.5 Å². The highest BCUT2D eigenvalue weighted by Crippen LogP contribution is 2.21. The van der Waals surface area contributed by atoms with Crippen LogP contribution in [0.4, 0.5) is 0 Å². The van der Waals surface area contributed by atoms with Crippen LogP contribution in [0.1, 0.15) is 5.56 Å². The number of aliphatic hydroxyl groups excluding tert-OH is 1. The molecule has 1 aromatic carbocycles. The topological polar surface area (TPSA) is 54.4 Å². The smallest absolute Gasteiger partial charge is 0.180 e. The van der Waals surface area contributed by atoms with Crippen LogP contribution in [0.3, 0.4) is 0 Å². The van der Waals surface area contributed by atoms with Crippen molar-refractivity contribution in [3.63, 3.8) is 0 Å². The van der Waals surface area contributed by atoms with Gasteiger partial charge in [0, 0.05) is 4.47 Å². The van der Waals surface area contributed by atoms with E-state index in [9.17, 15) is 8.42 Å². The molecule has 0 aromatic heterocycles. The molecule has 0 saturated carbocycles. The molecule has 1 N–H and O–H groups in total. The molecular formula is C9H11BrO3S. The first-order valence-corrected chi connectivity index (χ1v) is 6.51. The fourth-order valence-corrected chi connectivity index (χ4v) is 2.98. The van der Waals surface area contributed by atoms with Gasteiger partial charge in [0.1, 0.15) is 0 Å². The van der Waals surface area contributed by atoms with Gasteiger partial charge in [-0.1, -0.05) is 22.0 Å². The molecule has 0 bridgehead atoms. The molecule has 0 spiro atoms. The Labute approximate surface area is 91.8 Å². The summed E-state index contributed by atoms with van der Waals surface area (Å²) in [4.78, 5) is 0.279. The van der Waals surface area contributed by atoms with E-state index in [-0.39, 0.29) is 17.3 Å². The van der Waals surface area contributed by atoms with Crippen LogP contribution >= 0.6 is 15.9 Å². The maximum atomic E-state index is 11.6. The standard InChI is InChI=1S/C9H11BrO3S/c1-7-2-3-8(10)6-9(7)14(12,13)5-4-11/h2-3,6,11H,4-5H2,1H3. The van der Waals surface area contributed by atoms with Crippen molar-refractivity contribution in [2.45, 2.75) is 11.8 Å². The van der Waals surface area contributed by atoms with Crippen molar-refractivity contribution in [1.82, 2.24) is 0 Å². The molecule has 0 radical (unpaired) electrons. The third-order valence-electron chi connectivity index (χ3n) is 1.85. The van der Waals surface area contributed by atoms with Gasteiger partial charge >= 0.3 is 0 Å². The molecule has 1 rings (SSSR count). The number of halogens is 1. The second kappa shape index (κ2) is 4.42. The molecular weight excluding hydrogens is 268 g/mol. The quantitative estimate of drug-likeness (QED) is 0.912.